The van der Waals surface area contributed by atoms with Gasteiger partial charge in [-0.15, -0.1) is 0 Å². The van der Waals surface area contributed by atoms with Crippen LogP contribution in [0.25, 0.3) is 22.3 Å². The van der Waals surface area contributed by atoms with Crippen molar-refractivity contribution < 1.29 is 22.8 Å². The maximum Gasteiger partial charge on any atom is 0.417 e. The zero-order chi connectivity index (χ0) is 25.0. The molecule has 0 saturated heterocycles. The molecule has 0 aliphatic carbocycles. The Labute approximate surface area is 205 Å². The molecule has 0 heterocycles. The zero-order valence-corrected chi connectivity index (χ0v) is 20.2. The maximum absolute atomic E-state index is 13.7. The molecule has 0 saturated carbocycles. The first-order valence-corrected chi connectivity index (χ1v) is 11.8. The van der Waals surface area contributed by atoms with E-state index in [0.29, 0.717) is 28.5 Å². The lowest BCUT2D eigenvalue weighted by Gasteiger charge is -2.14. The number of hydrogen-bond acceptors (Lipinski definition) is 4. The molecule has 0 amide bonds. The van der Waals surface area contributed by atoms with Crippen LogP contribution in [0, 0.1) is 0 Å². The minimum absolute atomic E-state index is 0.0938. The van der Waals surface area contributed by atoms with E-state index in [-0.39, 0.29) is 15.6 Å². The van der Waals surface area contributed by atoms with Crippen LogP contribution in [-0.2, 0) is 15.8 Å². The fourth-order valence-corrected chi connectivity index (χ4v) is 4.43. The van der Waals surface area contributed by atoms with E-state index in [1.165, 1.54) is 13.0 Å². The molecule has 34 heavy (non-hydrogen) atoms. The van der Waals surface area contributed by atoms with Crippen molar-refractivity contribution in [2.75, 3.05) is 0 Å². The van der Waals surface area contributed by atoms with Crippen molar-refractivity contribution in [1.29, 1.82) is 0 Å². The average Bonchev–Trinajstić information content (AvgIpc) is 2.79. The molecule has 0 fully saturated rings. The van der Waals surface area contributed by atoms with Gasteiger partial charge in [-0.05, 0) is 95.0 Å². The van der Waals surface area contributed by atoms with Crippen LogP contribution in [0.1, 0.15) is 19.4 Å². The Morgan fingerprint density at radius 3 is 1.56 bits per heavy atom. The predicted molar refractivity (Wildman–Crippen MR) is 134 cm³/mol. The molecule has 3 rings (SSSR count). The number of carbonyl (C=O) groups is 2. The second-order valence-electron chi connectivity index (χ2n) is 7.65. The van der Waals surface area contributed by atoms with Crippen LogP contribution < -0.4 is 0 Å². The molecule has 0 aliphatic rings. The first-order chi connectivity index (χ1) is 16.0. The quantitative estimate of drug-likeness (QED) is 0.252. The average molecular weight is 499 g/mol. The number of carbonyl (C=O) groups excluding carboxylic acids is 2. The van der Waals surface area contributed by atoms with Gasteiger partial charge in [-0.2, -0.15) is 13.2 Å². The molecule has 0 aliphatic heterocycles. The van der Waals surface area contributed by atoms with E-state index in [2.05, 4.69) is 13.2 Å². The molecule has 174 valence electrons. The van der Waals surface area contributed by atoms with Crippen molar-refractivity contribution in [3.8, 4) is 22.3 Å². The lowest BCUT2D eigenvalue weighted by molar-refractivity contribution is -0.139. The topological polar surface area (TPSA) is 34.1 Å². The summed E-state index contributed by atoms with van der Waals surface area (Å²) in [7, 11) is 0. The highest BCUT2D eigenvalue weighted by molar-refractivity contribution is 8.14. The molecule has 0 atom stereocenters. The third-order valence-electron chi connectivity index (χ3n) is 4.80. The van der Waals surface area contributed by atoms with Crippen LogP contribution in [0.4, 0.5) is 13.2 Å². The molecule has 2 nitrogen and oxygen atoms in total. The van der Waals surface area contributed by atoms with Crippen molar-refractivity contribution in [3.63, 3.8) is 0 Å². The highest BCUT2D eigenvalue weighted by atomic mass is 32.2. The normalized spacial score (nSPS) is 11.2. The maximum atomic E-state index is 13.7. The van der Waals surface area contributed by atoms with Gasteiger partial charge in [0.15, 0.2) is 0 Å². The van der Waals surface area contributed by atoms with Crippen molar-refractivity contribution >= 4 is 33.8 Å². The molecule has 3 aromatic rings. The van der Waals surface area contributed by atoms with Gasteiger partial charge in [0.1, 0.15) is 0 Å². The number of alkyl halides is 3. The Balaban J connectivity index is 1.85. The molecule has 0 bridgehead atoms. The number of benzene rings is 3. The monoisotopic (exact) mass is 498 g/mol. The summed E-state index contributed by atoms with van der Waals surface area (Å²) in [6.07, 6.45) is -4.60. The molecule has 7 heteroatoms. The van der Waals surface area contributed by atoms with Crippen LogP contribution in [0.2, 0.25) is 0 Å². The second-order valence-corrected chi connectivity index (χ2v) is 9.71. The predicted octanol–water partition coefficient (Wildman–Crippen LogP) is 8.43. The first-order valence-electron chi connectivity index (χ1n) is 10.1. The number of halogens is 3. The van der Waals surface area contributed by atoms with Gasteiger partial charge in [-0.1, -0.05) is 55.6 Å². The van der Waals surface area contributed by atoms with Gasteiger partial charge in [-0.3, -0.25) is 9.59 Å². The molecule has 0 spiro atoms. The van der Waals surface area contributed by atoms with E-state index in [0.717, 1.165) is 33.9 Å². The lowest BCUT2D eigenvalue weighted by atomic mass is 9.99. The van der Waals surface area contributed by atoms with Crippen LogP contribution in [-0.4, -0.2) is 10.2 Å². The summed E-state index contributed by atoms with van der Waals surface area (Å²) in [4.78, 5) is 24.3. The fourth-order valence-electron chi connectivity index (χ4n) is 2.97. The standard InChI is InChI=1S/C27H21F3O2S2/c1-16(2)25(31)33-22-12-9-19(10-13-22)18-5-7-20(8-6-18)21-11-14-24(34-26(32)17(3)4)23(15-21)27(28,29)30/h5-15H,1,3H2,2,4H3. The summed E-state index contributed by atoms with van der Waals surface area (Å²) in [5, 5.41) is -0.597. The van der Waals surface area contributed by atoms with E-state index < -0.39 is 16.9 Å². The molecule has 0 unspecified atom stereocenters. The van der Waals surface area contributed by atoms with E-state index in [9.17, 15) is 22.8 Å². The van der Waals surface area contributed by atoms with Gasteiger partial charge in [0.05, 0.1) is 5.56 Å². The molecule has 0 N–H and O–H groups in total. The highest BCUT2D eigenvalue weighted by Gasteiger charge is 2.34. The molecular weight excluding hydrogens is 477 g/mol. The first kappa shape index (κ1) is 25.6. The Kier molecular flexibility index (Phi) is 7.89. The molecule has 3 aromatic carbocycles. The van der Waals surface area contributed by atoms with E-state index >= 15 is 0 Å². The number of rotatable bonds is 6. The van der Waals surface area contributed by atoms with Gasteiger partial charge in [0, 0.05) is 9.79 Å². The molecular formula is C27H21F3O2S2. The van der Waals surface area contributed by atoms with Crippen molar-refractivity contribution in [1.82, 2.24) is 0 Å². The van der Waals surface area contributed by atoms with Crippen LogP contribution in [0.5, 0.6) is 0 Å². The Morgan fingerprint density at radius 1 is 0.676 bits per heavy atom. The SMILES string of the molecule is C=C(C)C(=O)Sc1ccc(-c2ccc(-c3ccc(SC(=O)C(=C)C)c(C(F)(F)F)c3)cc2)cc1. The summed E-state index contributed by atoms with van der Waals surface area (Å²) >= 11 is 1.64. The summed E-state index contributed by atoms with van der Waals surface area (Å²) in [6.45, 7) is 10.3. The lowest BCUT2D eigenvalue weighted by Crippen LogP contribution is -2.08. The van der Waals surface area contributed by atoms with Crippen molar-refractivity contribution in [2.45, 2.75) is 29.8 Å². The van der Waals surface area contributed by atoms with Crippen LogP contribution in [0.3, 0.4) is 0 Å². The van der Waals surface area contributed by atoms with E-state index in [4.69, 9.17) is 0 Å². The third-order valence-corrected chi connectivity index (χ3v) is 6.95. The Morgan fingerprint density at radius 2 is 1.09 bits per heavy atom. The van der Waals surface area contributed by atoms with Gasteiger partial charge in [0.25, 0.3) is 0 Å². The van der Waals surface area contributed by atoms with Crippen molar-refractivity contribution in [2.24, 2.45) is 0 Å². The number of thioether (sulfide) groups is 2. The summed E-state index contributed by atoms with van der Waals surface area (Å²) < 4.78 is 41.0. The zero-order valence-electron chi connectivity index (χ0n) is 18.5. The van der Waals surface area contributed by atoms with E-state index in [1.54, 1.807) is 25.1 Å². The highest BCUT2D eigenvalue weighted by Crippen LogP contribution is 2.40. The largest absolute Gasteiger partial charge is 0.417 e. The van der Waals surface area contributed by atoms with Gasteiger partial charge >= 0.3 is 6.18 Å². The van der Waals surface area contributed by atoms with Crippen LogP contribution >= 0.6 is 23.5 Å². The third kappa shape index (κ3) is 6.30. The summed E-state index contributed by atoms with van der Waals surface area (Å²) in [5.41, 5.74) is 2.64. The summed E-state index contributed by atoms with van der Waals surface area (Å²) in [5.74, 6) is 0. The van der Waals surface area contributed by atoms with E-state index in [1.807, 2.05) is 36.4 Å². The summed E-state index contributed by atoms with van der Waals surface area (Å²) in [6, 6.07) is 18.6. The fraction of sp³-hybridized carbons (Fsp3) is 0.111. The van der Waals surface area contributed by atoms with Gasteiger partial charge < -0.3 is 0 Å². The number of hydrogen-bond donors (Lipinski definition) is 0. The van der Waals surface area contributed by atoms with Gasteiger partial charge in [-0.25, -0.2) is 0 Å². The van der Waals surface area contributed by atoms with Gasteiger partial charge in [0.2, 0.25) is 10.2 Å². The Bertz CT molecular complexity index is 1260. The Hall–Kier alpha value is -3.03. The van der Waals surface area contributed by atoms with Crippen LogP contribution in [0.15, 0.2) is 101 Å². The minimum Gasteiger partial charge on any atom is -0.282 e. The minimum atomic E-state index is -4.60. The van der Waals surface area contributed by atoms with Crippen molar-refractivity contribution in [3.05, 3.63) is 96.6 Å². The second kappa shape index (κ2) is 10.5. The molecule has 0 aromatic heterocycles. The smallest absolute Gasteiger partial charge is 0.282 e. The molecule has 0 radical (unpaired) electrons.